The Kier molecular flexibility index (Phi) is 10.5. The topological polar surface area (TPSA) is 154 Å². The molecule has 264 valence electrons. The van der Waals surface area contributed by atoms with Gasteiger partial charge in [-0.1, -0.05) is 36.4 Å². The van der Waals surface area contributed by atoms with Gasteiger partial charge in [-0.2, -0.15) is 5.26 Å². The third-order valence-electron chi connectivity index (χ3n) is 9.42. The Morgan fingerprint density at radius 3 is 2.43 bits per heavy atom. The van der Waals surface area contributed by atoms with E-state index in [0.717, 1.165) is 55.5 Å². The Bertz CT molecular complexity index is 1890. The van der Waals surface area contributed by atoms with Gasteiger partial charge < -0.3 is 19.5 Å². The fourth-order valence-corrected chi connectivity index (χ4v) is 7.02. The number of tetrazole rings is 1. The van der Waals surface area contributed by atoms with Crippen LogP contribution in [0, 0.1) is 11.3 Å². The zero-order valence-electron chi connectivity index (χ0n) is 29.2. The molecule has 51 heavy (non-hydrogen) atoms. The predicted octanol–water partition coefficient (Wildman–Crippen LogP) is 5.58. The van der Waals surface area contributed by atoms with Crippen molar-refractivity contribution >= 4 is 11.6 Å². The number of anilines is 2. The summed E-state index contributed by atoms with van der Waals surface area (Å²) in [6, 6.07) is 18.5. The number of nitrogens with one attached hydrogen (secondary N) is 1. The summed E-state index contributed by atoms with van der Waals surface area (Å²) < 4.78 is 22.0. The van der Waals surface area contributed by atoms with E-state index in [9.17, 15) is 5.26 Å². The van der Waals surface area contributed by atoms with Gasteiger partial charge in [0.15, 0.2) is 0 Å². The first-order chi connectivity index (χ1) is 24.9. The molecule has 1 aliphatic carbocycles. The van der Waals surface area contributed by atoms with Crippen molar-refractivity contribution in [2.24, 2.45) is 0 Å². The van der Waals surface area contributed by atoms with Crippen LogP contribution < -0.4 is 14.8 Å². The lowest BCUT2D eigenvalue weighted by Crippen LogP contribution is -2.51. The van der Waals surface area contributed by atoms with E-state index in [4.69, 9.17) is 19.3 Å². The van der Waals surface area contributed by atoms with Gasteiger partial charge in [-0.25, -0.2) is 14.6 Å². The summed E-state index contributed by atoms with van der Waals surface area (Å²) in [6.45, 7) is 9.06. The maximum Gasteiger partial charge on any atom is 0.257 e. The van der Waals surface area contributed by atoms with E-state index in [1.807, 2.05) is 55.6 Å². The highest BCUT2D eigenvalue weighted by Gasteiger charge is 2.32. The van der Waals surface area contributed by atoms with Crippen LogP contribution in [0.25, 0.3) is 11.1 Å². The van der Waals surface area contributed by atoms with Crippen LogP contribution in [-0.2, 0) is 17.9 Å². The lowest BCUT2D eigenvalue weighted by molar-refractivity contribution is -0.0852. The average molecular weight is 690 g/mol. The SMILES string of the molecule is C[C@@H]1CN(C2CCC(n3cc(Nc4ncc(-c5ccc(C#N)c(O[C@@H](C)Cn6cnnn6)c5)cn4)c(OCc4ccccc4)n3)CC2)C[C@H](C)O1. The number of hydrogen-bond donors (Lipinski definition) is 1. The summed E-state index contributed by atoms with van der Waals surface area (Å²) in [5.74, 6) is 1.39. The van der Waals surface area contributed by atoms with E-state index in [0.29, 0.717) is 48.0 Å². The van der Waals surface area contributed by atoms with Gasteiger partial charge in [0.05, 0.1) is 36.6 Å². The molecular formula is C37H43N11O3. The van der Waals surface area contributed by atoms with Crippen LogP contribution in [0.4, 0.5) is 11.6 Å². The van der Waals surface area contributed by atoms with E-state index >= 15 is 0 Å². The number of aromatic nitrogens is 8. The zero-order valence-corrected chi connectivity index (χ0v) is 29.2. The smallest absolute Gasteiger partial charge is 0.257 e. The minimum Gasteiger partial charge on any atom is -0.487 e. The largest absolute Gasteiger partial charge is 0.487 e. The summed E-state index contributed by atoms with van der Waals surface area (Å²) in [7, 11) is 0. The molecule has 7 rings (SSSR count). The molecule has 2 aliphatic rings. The molecule has 5 aromatic rings. The lowest BCUT2D eigenvalue weighted by Gasteiger charge is -2.42. The second-order valence-corrected chi connectivity index (χ2v) is 13.5. The number of benzene rings is 2. The van der Waals surface area contributed by atoms with Crippen molar-refractivity contribution in [2.45, 2.75) is 90.0 Å². The van der Waals surface area contributed by atoms with Crippen LogP contribution in [0.15, 0.2) is 73.4 Å². The Morgan fingerprint density at radius 1 is 0.980 bits per heavy atom. The van der Waals surface area contributed by atoms with Crippen LogP contribution in [-0.4, -0.2) is 82.3 Å². The van der Waals surface area contributed by atoms with E-state index < -0.39 is 0 Å². The van der Waals surface area contributed by atoms with Crippen molar-refractivity contribution in [3.63, 3.8) is 0 Å². The third-order valence-corrected chi connectivity index (χ3v) is 9.42. The lowest BCUT2D eigenvalue weighted by atomic mass is 9.89. The summed E-state index contributed by atoms with van der Waals surface area (Å²) in [4.78, 5) is 11.9. The number of nitriles is 1. The fourth-order valence-electron chi connectivity index (χ4n) is 7.02. The van der Waals surface area contributed by atoms with Gasteiger partial charge in [0.2, 0.25) is 5.95 Å². The normalized spacial score (nSPS) is 21.5. The molecule has 1 aliphatic heterocycles. The summed E-state index contributed by atoms with van der Waals surface area (Å²) >= 11 is 0. The third kappa shape index (κ3) is 8.50. The van der Waals surface area contributed by atoms with Crippen molar-refractivity contribution in [3.8, 4) is 28.8 Å². The number of hydrogen-bond acceptors (Lipinski definition) is 12. The van der Waals surface area contributed by atoms with Crippen molar-refractivity contribution in [1.82, 2.24) is 44.9 Å². The minimum absolute atomic E-state index is 0.269. The number of morpholine rings is 1. The maximum absolute atomic E-state index is 9.70. The van der Waals surface area contributed by atoms with Crippen LogP contribution in [0.3, 0.4) is 0 Å². The average Bonchev–Trinajstić information content (AvgIpc) is 3.81. The van der Waals surface area contributed by atoms with Gasteiger partial charge in [-0.05, 0) is 80.1 Å². The number of nitrogens with zero attached hydrogens (tertiary/aromatic N) is 10. The van der Waals surface area contributed by atoms with Gasteiger partial charge in [0.25, 0.3) is 5.88 Å². The Labute approximate surface area is 297 Å². The van der Waals surface area contributed by atoms with Gasteiger partial charge >= 0.3 is 0 Å². The van der Waals surface area contributed by atoms with Crippen LogP contribution >= 0.6 is 0 Å². The van der Waals surface area contributed by atoms with Gasteiger partial charge in [-0.15, -0.1) is 10.2 Å². The number of rotatable bonds is 12. The summed E-state index contributed by atoms with van der Waals surface area (Å²) in [5, 5.41) is 29.2. The summed E-state index contributed by atoms with van der Waals surface area (Å²) in [6.07, 6.45) is 11.6. The Balaban J connectivity index is 1.05. The molecule has 14 heteroatoms. The highest BCUT2D eigenvalue weighted by atomic mass is 16.5. The highest BCUT2D eigenvalue weighted by molar-refractivity contribution is 5.67. The first-order valence-electron chi connectivity index (χ1n) is 17.6. The molecule has 3 atom stereocenters. The fraction of sp³-hybridized carbons (Fsp3) is 0.432. The molecular weight excluding hydrogens is 646 g/mol. The standard InChI is InChI=1S/C37H43N11O3/c1-25-19-46(20-26(2)50-25)32-11-13-33(14-12-32)48-22-34(36(43-48)49-23-28-7-5-4-6-8-28)42-37-39-17-31(18-40-37)29-9-10-30(16-38)35(15-29)51-27(3)21-47-24-41-44-45-47/h4-10,15,17-18,22,24-27,32-33H,11-14,19-21,23H2,1-3H3,(H,39,40,42)/t25-,26+,27-,32?,33?/m0/s1. The molecule has 14 nitrogen and oxygen atoms in total. The predicted molar refractivity (Wildman–Crippen MR) is 189 cm³/mol. The van der Waals surface area contributed by atoms with Crippen LogP contribution in [0.1, 0.15) is 63.6 Å². The quantitative estimate of drug-likeness (QED) is 0.174. The minimum atomic E-state index is -0.273. The van der Waals surface area contributed by atoms with E-state index in [-0.39, 0.29) is 24.4 Å². The molecule has 1 N–H and O–H groups in total. The molecule has 0 radical (unpaired) electrons. The maximum atomic E-state index is 9.70. The molecule has 0 spiro atoms. The zero-order chi connectivity index (χ0) is 35.2. The molecule has 4 heterocycles. The van der Waals surface area contributed by atoms with E-state index in [1.165, 1.54) is 6.33 Å². The Hall–Kier alpha value is -5.39. The monoisotopic (exact) mass is 689 g/mol. The van der Waals surface area contributed by atoms with E-state index in [1.54, 1.807) is 23.1 Å². The van der Waals surface area contributed by atoms with E-state index in [2.05, 4.69) is 60.3 Å². The van der Waals surface area contributed by atoms with Crippen LogP contribution in [0.5, 0.6) is 11.6 Å². The van der Waals surface area contributed by atoms with Gasteiger partial charge in [-0.3, -0.25) is 9.58 Å². The summed E-state index contributed by atoms with van der Waals surface area (Å²) in [5.41, 5.74) is 3.80. The van der Waals surface area contributed by atoms with Gasteiger partial charge in [0.1, 0.15) is 36.5 Å². The first-order valence-corrected chi connectivity index (χ1v) is 17.6. The molecule has 0 unspecified atom stereocenters. The van der Waals surface area contributed by atoms with Crippen molar-refractivity contribution in [3.05, 3.63) is 84.6 Å². The van der Waals surface area contributed by atoms with Crippen LogP contribution in [0.2, 0.25) is 0 Å². The molecule has 2 fully saturated rings. The Morgan fingerprint density at radius 2 is 1.73 bits per heavy atom. The van der Waals surface area contributed by atoms with Crippen molar-refractivity contribution < 1.29 is 14.2 Å². The number of ether oxygens (including phenoxy) is 3. The molecule has 1 saturated carbocycles. The highest BCUT2D eigenvalue weighted by Crippen LogP contribution is 2.36. The molecule has 1 saturated heterocycles. The second kappa shape index (κ2) is 15.7. The molecule has 0 amide bonds. The molecule has 2 aromatic carbocycles. The molecule has 0 bridgehead atoms. The molecule has 3 aromatic heterocycles. The second-order valence-electron chi connectivity index (χ2n) is 13.5. The first kappa shape index (κ1) is 34.1. The van der Waals surface area contributed by atoms with Crippen molar-refractivity contribution in [2.75, 3.05) is 18.4 Å². The van der Waals surface area contributed by atoms with Gasteiger partial charge in [0, 0.05) is 37.1 Å². The van der Waals surface area contributed by atoms with Crippen molar-refractivity contribution in [1.29, 1.82) is 5.26 Å².